The van der Waals surface area contributed by atoms with Crippen molar-refractivity contribution in [2.24, 2.45) is 0 Å². The van der Waals surface area contributed by atoms with E-state index in [0.29, 0.717) is 5.69 Å². The summed E-state index contributed by atoms with van der Waals surface area (Å²) in [5.74, 6) is 0. The zero-order valence-corrected chi connectivity index (χ0v) is 12.2. The normalized spacial score (nSPS) is 13.3. The molecule has 2 heterocycles. The van der Waals surface area contributed by atoms with Gasteiger partial charge < -0.3 is 5.32 Å². The van der Waals surface area contributed by atoms with E-state index >= 15 is 0 Å². The molecule has 0 amide bonds. The summed E-state index contributed by atoms with van der Waals surface area (Å²) in [6.07, 6.45) is -3.20. The van der Waals surface area contributed by atoms with Crippen LogP contribution in [0.25, 0.3) is 0 Å². The van der Waals surface area contributed by atoms with Gasteiger partial charge >= 0.3 is 6.18 Å². The summed E-state index contributed by atoms with van der Waals surface area (Å²) >= 11 is 4.94. The molecule has 7 heteroatoms. The van der Waals surface area contributed by atoms with Crippen LogP contribution in [0.1, 0.15) is 23.5 Å². The van der Waals surface area contributed by atoms with Gasteiger partial charge in [0.25, 0.3) is 0 Å². The second-order valence-corrected chi connectivity index (χ2v) is 5.82. The van der Waals surface area contributed by atoms with E-state index in [1.54, 1.807) is 11.3 Å². The lowest BCUT2D eigenvalue weighted by Gasteiger charge is -2.14. The first-order valence-electron chi connectivity index (χ1n) is 5.40. The molecular formula is C12H10BrF3N2S. The Labute approximate surface area is 120 Å². The van der Waals surface area contributed by atoms with Crippen molar-refractivity contribution in [1.29, 1.82) is 0 Å². The number of anilines is 1. The summed E-state index contributed by atoms with van der Waals surface area (Å²) in [4.78, 5) is 4.50. The molecule has 0 aliphatic carbocycles. The van der Waals surface area contributed by atoms with E-state index in [4.69, 9.17) is 0 Å². The average molecular weight is 351 g/mol. The maximum absolute atomic E-state index is 12.4. The Hall–Kier alpha value is -1.08. The zero-order chi connectivity index (χ0) is 14.0. The quantitative estimate of drug-likeness (QED) is 0.833. The summed E-state index contributed by atoms with van der Waals surface area (Å²) in [6.45, 7) is 1.94. The first-order valence-corrected chi connectivity index (χ1v) is 7.07. The van der Waals surface area contributed by atoms with Crippen molar-refractivity contribution in [3.05, 3.63) is 44.8 Å². The van der Waals surface area contributed by atoms with Crippen LogP contribution in [0.5, 0.6) is 0 Å². The van der Waals surface area contributed by atoms with E-state index in [1.807, 2.05) is 18.4 Å². The van der Waals surface area contributed by atoms with Gasteiger partial charge in [0.2, 0.25) is 0 Å². The fourth-order valence-corrected chi connectivity index (χ4v) is 2.98. The molecule has 1 N–H and O–H groups in total. The van der Waals surface area contributed by atoms with E-state index < -0.39 is 11.9 Å². The van der Waals surface area contributed by atoms with Crippen LogP contribution in [0, 0.1) is 0 Å². The lowest BCUT2D eigenvalue weighted by atomic mass is 10.2. The fraction of sp³-hybridized carbons (Fsp3) is 0.250. The van der Waals surface area contributed by atoms with Gasteiger partial charge in [0.1, 0.15) is 5.69 Å². The number of thiophene rings is 1. The van der Waals surface area contributed by atoms with Gasteiger partial charge in [-0.3, -0.25) is 0 Å². The van der Waals surface area contributed by atoms with Gasteiger partial charge in [-0.05, 0) is 41.1 Å². The Balaban J connectivity index is 2.07. The number of hydrogen-bond donors (Lipinski definition) is 1. The molecule has 2 aromatic rings. The van der Waals surface area contributed by atoms with Crippen molar-refractivity contribution in [3.8, 4) is 0 Å². The summed E-state index contributed by atoms with van der Waals surface area (Å²) < 4.78 is 38.1. The molecule has 0 spiro atoms. The van der Waals surface area contributed by atoms with Crippen molar-refractivity contribution in [2.75, 3.05) is 5.32 Å². The number of nitrogens with one attached hydrogen (secondary N) is 1. The molecule has 0 saturated carbocycles. The predicted molar refractivity (Wildman–Crippen MR) is 73.3 cm³/mol. The van der Waals surface area contributed by atoms with Gasteiger partial charge in [-0.15, -0.1) is 11.3 Å². The van der Waals surface area contributed by atoms with Crippen molar-refractivity contribution in [2.45, 2.75) is 19.1 Å². The summed E-state index contributed by atoms with van der Waals surface area (Å²) in [7, 11) is 0. The number of nitrogens with zero attached hydrogens (tertiary/aromatic N) is 1. The standard InChI is InChI=1S/C12H10BrF3N2S/c1-7(10-4-8(13)6-19-10)18-9-2-3-11(17-5-9)12(14,15)16/h2-7,18H,1H3. The number of alkyl halides is 3. The molecular weight excluding hydrogens is 341 g/mol. The summed E-state index contributed by atoms with van der Waals surface area (Å²) in [5.41, 5.74) is -0.324. The van der Waals surface area contributed by atoms with E-state index in [0.717, 1.165) is 15.4 Å². The molecule has 0 fully saturated rings. The Morgan fingerprint density at radius 3 is 2.58 bits per heavy atom. The minimum Gasteiger partial charge on any atom is -0.376 e. The average Bonchev–Trinajstić information content (AvgIpc) is 2.75. The maximum atomic E-state index is 12.4. The van der Waals surface area contributed by atoms with Crippen LogP contribution in [-0.2, 0) is 6.18 Å². The van der Waals surface area contributed by atoms with Gasteiger partial charge in [-0.2, -0.15) is 13.2 Å². The molecule has 0 aliphatic rings. The van der Waals surface area contributed by atoms with Gasteiger partial charge in [0, 0.05) is 14.7 Å². The van der Waals surface area contributed by atoms with Crippen LogP contribution in [0.2, 0.25) is 0 Å². The van der Waals surface area contributed by atoms with E-state index in [2.05, 4.69) is 26.2 Å². The Morgan fingerprint density at radius 2 is 2.11 bits per heavy atom. The molecule has 2 rings (SSSR count). The molecule has 0 saturated heterocycles. The second kappa shape index (κ2) is 5.50. The Kier molecular flexibility index (Phi) is 4.15. The fourth-order valence-electron chi connectivity index (χ4n) is 1.52. The zero-order valence-electron chi connectivity index (χ0n) is 9.83. The number of pyridine rings is 1. The molecule has 1 atom stereocenters. The molecule has 0 aromatic carbocycles. The molecule has 1 unspecified atom stereocenters. The van der Waals surface area contributed by atoms with Gasteiger partial charge in [0.05, 0.1) is 17.9 Å². The van der Waals surface area contributed by atoms with Gasteiger partial charge in [-0.25, -0.2) is 4.98 Å². The number of rotatable bonds is 3. The smallest absolute Gasteiger partial charge is 0.376 e. The van der Waals surface area contributed by atoms with Crippen LogP contribution in [0.15, 0.2) is 34.2 Å². The van der Waals surface area contributed by atoms with Crippen molar-refractivity contribution >= 4 is 33.0 Å². The van der Waals surface area contributed by atoms with Crippen LogP contribution in [-0.4, -0.2) is 4.98 Å². The minimum absolute atomic E-state index is 0.00911. The predicted octanol–water partition coefficient (Wildman–Crippen LogP) is 5.10. The monoisotopic (exact) mass is 350 g/mol. The highest BCUT2D eigenvalue weighted by Crippen LogP contribution is 2.30. The highest BCUT2D eigenvalue weighted by Gasteiger charge is 2.32. The first-order chi connectivity index (χ1) is 8.86. The largest absolute Gasteiger partial charge is 0.433 e. The molecule has 0 radical (unpaired) electrons. The highest BCUT2D eigenvalue weighted by atomic mass is 79.9. The van der Waals surface area contributed by atoms with E-state index in [-0.39, 0.29) is 6.04 Å². The van der Waals surface area contributed by atoms with Crippen LogP contribution in [0.4, 0.5) is 18.9 Å². The van der Waals surface area contributed by atoms with Crippen molar-refractivity contribution < 1.29 is 13.2 Å². The Morgan fingerprint density at radius 1 is 1.37 bits per heavy atom. The maximum Gasteiger partial charge on any atom is 0.433 e. The minimum atomic E-state index is -4.40. The Bertz CT molecular complexity index is 551. The van der Waals surface area contributed by atoms with Crippen LogP contribution in [0.3, 0.4) is 0 Å². The molecule has 19 heavy (non-hydrogen) atoms. The van der Waals surface area contributed by atoms with Crippen molar-refractivity contribution in [3.63, 3.8) is 0 Å². The molecule has 0 aliphatic heterocycles. The van der Waals surface area contributed by atoms with E-state index in [1.165, 1.54) is 12.3 Å². The highest BCUT2D eigenvalue weighted by molar-refractivity contribution is 9.10. The topological polar surface area (TPSA) is 24.9 Å². The lowest BCUT2D eigenvalue weighted by Crippen LogP contribution is -2.09. The third-order valence-corrected chi connectivity index (χ3v) is 4.33. The molecule has 0 bridgehead atoms. The number of hydrogen-bond acceptors (Lipinski definition) is 3. The molecule has 2 nitrogen and oxygen atoms in total. The number of halogens is 4. The molecule has 102 valence electrons. The SMILES string of the molecule is CC(Nc1ccc(C(F)(F)F)nc1)c1cc(Br)cs1. The van der Waals surface area contributed by atoms with Crippen LogP contribution >= 0.6 is 27.3 Å². The van der Waals surface area contributed by atoms with Crippen molar-refractivity contribution in [1.82, 2.24) is 4.98 Å². The lowest BCUT2D eigenvalue weighted by molar-refractivity contribution is -0.141. The number of aromatic nitrogens is 1. The van der Waals surface area contributed by atoms with E-state index in [9.17, 15) is 13.2 Å². The first kappa shape index (κ1) is 14.3. The van der Waals surface area contributed by atoms with Gasteiger partial charge in [0.15, 0.2) is 0 Å². The summed E-state index contributed by atoms with van der Waals surface area (Å²) in [5, 5.41) is 5.07. The third kappa shape index (κ3) is 3.70. The second-order valence-electron chi connectivity index (χ2n) is 3.96. The third-order valence-electron chi connectivity index (χ3n) is 2.45. The summed E-state index contributed by atoms with van der Waals surface area (Å²) in [6, 6.07) is 4.34. The van der Waals surface area contributed by atoms with Gasteiger partial charge in [-0.1, -0.05) is 0 Å². The molecule has 2 aromatic heterocycles. The van der Waals surface area contributed by atoms with Crippen LogP contribution < -0.4 is 5.32 Å².